The molecule has 1 unspecified atom stereocenters. The van der Waals surface area contributed by atoms with Crippen LogP contribution in [0.5, 0.6) is 5.75 Å². The second kappa shape index (κ2) is 4.96. The van der Waals surface area contributed by atoms with E-state index in [2.05, 4.69) is 5.32 Å². The van der Waals surface area contributed by atoms with Gasteiger partial charge in [-0.25, -0.2) is 0 Å². The minimum Gasteiger partial charge on any atom is -0.508 e. The lowest BCUT2D eigenvalue weighted by atomic mass is 10.2. The van der Waals surface area contributed by atoms with Gasteiger partial charge in [0.05, 0.1) is 6.04 Å². The van der Waals surface area contributed by atoms with Crippen molar-refractivity contribution in [2.24, 2.45) is 0 Å². The maximum atomic E-state index is 11.9. The SMILES string of the molecule is Cc1ccc(C(C)NC(=O)c2ccc(O)cc2)o1. The van der Waals surface area contributed by atoms with Gasteiger partial charge >= 0.3 is 0 Å². The third kappa shape index (κ3) is 2.71. The molecule has 2 N–H and O–H groups in total. The van der Waals surface area contributed by atoms with E-state index in [-0.39, 0.29) is 17.7 Å². The molecule has 18 heavy (non-hydrogen) atoms. The van der Waals surface area contributed by atoms with E-state index >= 15 is 0 Å². The van der Waals surface area contributed by atoms with Crippen LogP contribution in [0.15, 0.2) is 40.8 Å². The normalized spacial score (nSPS) is 12.1. The van der Waals surface area contributed by atoms with Gasteiger partial charge in [-0.3, -0.25) is 4.79 Å². The molecule has 94 valence electrons. The monoisotopic (exact) mass is 245 g/mol. The van der Waals surface area contributed by atoms with Crippen molar-refractivity contribution >= 4 is 5.91 Å². The predicted octanol–water partition coefficient (Wildman–Crippen LogP) is 2.78. The summed E-state index contributed by atoms with van der Waals surface area (Å²) < 4.78 is 5.45. The van der Waals surface area contributed by atoms with Gasteiger partial charge in [0.2, 0.25) is 0 Å². The van der Waals surface area contributed by atoms with E-state index in [1.54, 1.807) is 12.1 Å². The Balaban J connectivity index is 2.05. The van der Waals surface area contributed by atoms with E-state index in [4.69, 9.17) is 9.52 Å². The quantitative estimate of drug-likeness (QED) is 0.874. The predicted molar refractivity (Wildman–Crippen MR) is 67.4 cm³/mol. The lowest BCUT2D eigenvalue weighted by Gasteiger charge is -2.11. The van der Waals surface area contributed by atoms with Crippen molar-refractivity contribution in [2.45, 2.75) is 19.9 Å². The lowest BCUT2D eigenvalue weighted by molar-refractivity contribution is 0.0935. The summed E-state index contributed by atoms with van der Waals surface area (Å²) in [4.78, 5) is 11.9. The first-order valence-corrected chi connectivity index (χ1v) is 5.72. The summed E-state index contributed by atoms with van der Waals surface area (Å²) >= 11 is 0. The molecule has 0 spiro atoms. The van der Waals surface area contributed by atoms with Gasteiger partial charge in [-0.1, -0.05) is 0 Å². The Bertz CT molecular complexity index is 542. The van der Waals surface area contributed by atoms with Crippen molar-refractivity contribution < 1.29 is 14.3 Å². The number of phenolic OH excluding ortho intramolecular Hbond substituents is 1. The van der Waals surface area contributed by atoms with E-state index in [1.165, 1.54) is 12.1 Å². The highest BCUT2D eigenvalue weighted by Crippen LogP contribution is 2.16. The number of carbonyl (C=O) groups excluding carboxylic acids is 1. The minimum atomic E-state index is -0.198. The Kier molecular flexibility index (Phi) is 3.37. The van der Waals surface area contributed by atoms with E-state index in [0.717, 1.165) is 11.5 Å². The highest BCUT2D eigenvalue weighted by Gasteiger charge is 2.13. The van der Waals surface area contributed by atoms with Gasteiger partial charge in [0.1, 0.15) is 17.3 Å². The summed E-state index contributed by atoms with van der Waals surface area (Å²) in [7, 11) is 0. The van der Waals surface area contributed by atoms with Gasteiger partial charge in [0.15, 0.2) is 0 Å². The largest absolute Gasteiger partial charge is 0.508 e. The fourth-order valence-corrected chi connectivity index (χ4v) is 1.65. The summed E-state index contributed by atoms with van der Waals surface area (Å²) in [5.41, 5.74) is 0.503. The smallest absolute Gasteiger partial charge is 0.251 e. The number of hydrogen-bond donors (Lipinski definition) is 2. The number of hydrogen-bond acceptors (Lipinski definition) is 3. The summed E-state index contributed by atoms with van der Waals surface area (Å²) in [6.45, 7) is 3.72. The van der Waals surface area contributed by atoms with Crippen LogP contribution in [-0.2, 0) is 0 Å². The van der Waals surface area contributed by atoms with E-state index in [9.17, 15) is 4.79 Å². The molecule has 1 aromatic carbocycles. The molecule has 0 aliphatic rings. The summed E-state index contributed by atoms with van der Waals surface area (Å²) in [5, 5.41) is 12.0. The Labute approximate surface area is 105 Å². The molecule has 4 nitrogen and oxygen atoms in total. The molecule has 2 aromatic rings. The maximum absolute atomic E-state index is 11.9. The first kappa shape index (κ1) is 12.2. The van der Waals surface area contributed by atoms with Crippen LogP contribution in [0.1, 0.15) is 34.8 Å². The molecule has 1 aromatic heterocycles. The number of aryl methyl sites for hydroxylation is 1. The lowest BCUT2D eigenvalue weighted by Crippen LogP contribution is -2.26. The van der Waals surface area contributed by atoms with E-state index in [0.29, 0.717) is 5.56 Å². The molecule has 0 fully saturated rings. The molecule has 1 heterocycles. The fraction of sp³-hybridized carbons (Fsp3) is 0.214. The molecule has 2 rings (SSSR count). The highest BCUT2D eigenvalue weighted by molar-refractivity contribution is 5.94. The molecule has 0 bridgehead atoms. The van der Waals surface area contributed by atoms with Gasteiger partial charge in [-0.05, 0) is 50.2 Å². The van der Waals surface area contributed by atoms with E-state index < -0.39 is 0 Å². The molecule has 0 saturated carbocycles. The Morgan fingerprint density at radius 3 is 2.44 bits per heavy atom. The van der Waals surface area contributed by atoms with Crippen molar-refractivity contribution in [1.82, 2.24) is 5.32 Å². The van der Waals surface area contributed by atoms with Gasteiger partial charge in [0.25, 0.3) is 5.91 Å². The zero-order chi connectivity index (χ0) is 13.1. The third-order valence-electron chi connectivity index (χ3n) is 2.67. The fourth-order valence-electron chi connectivity index (χ4n) is 1.65. The number of phenols is 1. The van der Waals surface area contributed by atoms with Crippen LogP contribution in [0, 0.1) is 6.92 Å². The summed E-state index contributed by atoms with van der Waals surface area (Å²) in [5.74, 6) is 1.48. The molecule has 0 saturated heterocycles. The van der Waals surface area contributed by atoms with Gasteiger partial charge in [0, 0.05) is 5.56 Å². The van der Waals surface area contributed by atoms with Crippen LogP contribution < -0.4 is 5.32 Å². The van der Waals surface area contributed by atoms with Crippen LogP contribution in [0.4, 0.5) is 0 Å². The number of carbonyl (C=O) groups is 1. The van der Waals surface area contributed by atoms with Crippen LogP contribution in [0.25, 0.3) is 0 Å². The zero-order valence-electron chi connectivity index (χ0n) is 10.3. The third-order valence-corrected chi connectivity index (χ3v) is 2.67. The van der Waals surface area contributed by atoms with Gasteiger partial charge < -0.3 is 14.8 Å². The number of aromatic hydroxyl groups is 1. The molecule has 0 aliphatic carbocycles. The van der Waals surface area contributed by atoms with Crippen LogP contribution in [-0.4, -0.2) is 11.0 Å². The topological polar surface area (TPSA) is 62.5 Å². The molecule has 0 aliphatic heterocycles. The van der Waals surface area contributed by atoms with Crippen molar-refractivity contribution in [1.29, 1.82) is 0 Å². The minimum absolute atomic E-state index is 0.140. The highest BCUT2D eigenvalue weighted by atomic mass is 16.3. The number of rotatable bonds is 3. The molecular formula is C14H15NO3. The van der Waals surface area contributed by atoms with Crippen molar-refractivity contribution in [3.05, 3.63) is 53.5 Å². The zero-order valence-corrected chi connectivity index (χ0v) is 10.3. The standard InChI is InChI=1S/C14H15NO3/c1-9-3-8-13(18-9)10(2)15-14(17)11-4-6-12(16)7-5-11/h3-8,10,16H,1-2H3,(H,15,17). The maximum Gasteiger partial charge on any atom is 0.251 e. The summed E-state index contributed by atoms with van der Waals surface area (Å²) in [6, 6.07) is 9.62. The van der Waals surface area contributed by atoms with Crippen LogP contribution in [0.3, 0.4) is 0 Å². The molecule has 1 amide bonds. The number of amides is 1. The number of nitrogens with one attached hydrogen (secondary N) is 1. The van der Waals surface area contributed by atoms with Crippen LogP contribution in [0.2, 0.25) is 0 Å². The van der Waals surface area contributed by atoms with Crippen molar-refractivity contribution in [3.8, 4) is 5.75 Å². The van der Waals surface area contributed by atoms with Crippen LogP contribution >= 0.6 is 0 Å². The second-order valence-electron chi connectivity index (χ2n) is 4.19. The number of benzene rings is 1. The second-order valence-corrected chi connectivity index (χ2v) is 4.19. The first-order valence-electron chi connectivity index (χ1n) is 5.72. The van der Waals surface area contributed by atoms with Crippen molar-refractivity contribution in [3.63, 3.8) is 0 Å². The molecule has 0 radical (unpaired) electrons. The average molecular weight is 245 g/mol. The molecule has 1 atom stereocenters. The Morgan fingerprint density at radius 1 is 1.22 bits per heavy atom. The van der Waals surface area contributed by atoms with Gasteiger partial charge in [-0.15, -0.1) is 0 Å². The number of furan rings is 1. The van der Waals surface area contributed by atoms with Gasteiger partial charge in [-0.2, -0.15) is 0 Å². The Morgan fingerprint density at radius 2 is 1.89 bits per heavy atom. The Hall–Kier alpha value is -2.23. The molecule has 4 heteroatoms. The first-order chi connectivity index (χ1) is 8.56. The molecular weight excluding hydrogens is 230 g/mol. The summed E-state index contributed by atoms with van der Waals surface area (Å²) in [6.07, 6.45) is 0. The average Bonchev–Trinajstić information content (AvgIpc) is 2.76. The van der Waals surface area contributed by atoms with E-state index in [1.807, 2.05) is 26.0 Å². The van der Waals surface area contributed by atoms with Crippen molar-refractivity contribution in [2.75, 3.05) is 0 Å².